The van der Waals surface area contributed by atoms with Crippen molar-refractivity contribution in [3.8, 4) is 0 Å². The molecule has 150 valence electrons. The molecule has 0 spiro atoms. The van der Waals surface area contributed by atoms with Gasteiger partial charge in [-0.25, -0.2) is 9.18 Å². The van der Waals surface area contributed by atoms with Gasteiger partial charge >= 0.3 is 5.97 Å². The molecular formula is C21H19FN2O4S. The highest BCUT2D eigenvalue weighted by atomic mass is 32.2. The minimum Gasteiger partial charge on any atom is -0.452 e. The molecule has 2 aromatic carbocycles. The van der Waals surface area contributed by atoms with E-state index < -0.39 is 24.3 Å². The zero-order valence-electron chi connectivity index (χ0n) is 15.7. The zero-order chi connectivity index (χ0) is 20.6. The fraction of sp³-hybridized carbons (Fsp3) is 0.190. The van der Waals surface area contributed by atoms with Crippen molar-refractivity contribution < 1.29 is 23.2 Å². The van der Waals surface area contributed by atoms with Crippen LogP contribution in [0.15, 0.2) is 64.0 Å². The highest BCUT2D eigenvalue weighted by Gasteiger charge is 2.15. The lowest BCUT2D eigenvalue weighted by Gasteiger charge is -2.09. The van der Waals surface area contributed by atoms with Gasteiger partial charge in [0.2, 0.25) is 0 Å². The molecule has 1 heterocycles. The predicted molar refractivity (Wildman–Crippen MR) is 106 cm³/mol. The molecule has 0 aliphatic heterocycles. The van der Waals surface area contributed by atoms with Crippen molar-refractivity contribution >= 4 is 23.6 Å². The van der Waals surface area contributed by atoms with Gasteiger partial charge in [0.15, 0.2) is 6.61 Å². The molecule has 0 radical (unpaired) electrons. The number of amides is 1. The molecule has 0 aliphatic carbocycles. The van der Waals surface area contributed by atoms with Crippen LogP contribution in [0.2, 0.25) is 0 Å². The maximum absolute atomic E-state index is 13.6. The first kappa shape index (κ1) is 20.6. The number of hydrogen-bond acceptors (Lipinski definition) is 6. The van der Waals surface area contributed by atoms with Gasteiger partial charge in [-0.05, 0) is 25.1 Å². The van der Waals surface area contributed by atoms with Crippen LogP contribution in [0.5, 0.6) is 0 Å². The van der Waals surface area contributed by atoms with Gasteiger partial charge in [0.1, 0.15) is 11.6 Å². The van der Waals surface area contributed by atoms with Crippen molar-refractivity contribution in [2.45, 2.75) is 24.1 Å². The Morgan fingerprint density at radius 1 is 1.17 bits per heavy atom. The van der Waals surface area contributed by atoms with Crippen LogP contribution < -0.4 is 5.32 Å². The summed E-state index contributed by atoms with van der Waals surface area (Å²) in [5.41, 5.74) is 1.49. The third-order valence-electron chi connectivity index (χ3n) is 3.93. The number of thioether (sulfide) groups is 1. The van der Waals surface area contributed by atoms with Crippen molar-refractivity contribution in [3.05, 3.63) is 83.0 Å². The third-order valence-corrected chi connectivity index (χ3v) is 5.03. The topological polar surface area (TPSA) is 81.4 Å². The van der Waals surface area contributed by atoms with Crippen molar-refractivity contribution in [1.82, 2.24) is 10.5 Å². The Labute approximate surface area is 171 Å². The summed E-state index contributed by atoms with van der Waals surface area (Å²) in [4.78, 5) is 25.0. The Hall–Kier alpha value is -3.13. The normalized spacial score (nSPS) is 10.6. The summed E-state index contributed by atoms with van der Waals surface area (Å²) in [6.07, 6.45) is 0. The van der Waals surface area contributed by atoms with Gasteiger partial charge in [-0.3, -0.25) is 4.79 Å². The molecule has 0 aliphatic rings. The lowest BCUT2D eigenvalue weighted by atomic mass is 10.2. The molecular weight excluding hydrogens is 395 g/mol. The molecule has 3 aromatic rings. The summed E-state index contributed by atoms with van der Waals surface area (Å²) in [7, 11) is 0. The van der Waals surface area contributed by atoms with Gasteiger partial charge in [-0.1, -0.05) is 35.5 Å². The second-order valence-corrected chi connectivity index (χ2v) is 7.18. The summed E-state index contributed by atoms with van der Waals surface area (Å²) >= 11 is 1.42. The molecule has 1 amide bonds. The van der Waals surface area contributed by atoms with Crippen molar-refractivity contribution in [3.63, 3.8) is 0 Å². The number of ether oxygens (including phenoxy) is 1. The Bertz CT molecular complexity index is 1010. The van der Waals surface area contributed by atoms with E-state index in [1.54, 1.807) is 36.4 Å². The lowest BCUT2D eigenvalue weighted by Crippen LogP contribution is -2.28. The number of nitrogens with zero attached hydrogens (tertiary/aromatic N) is 1. The van der Waals surface area contributed by atoms with Gasteiger partial charge in [-0.2, -0.15) is 0 Å². The molecule has 0 saturated carbocycles. The average molecular weight is 414 g/mol. The van der Waals surface area contributed by atoms with Crippen molar-refractivity contribution in [2.24, 2.45) is 0 Å². The lowest BCUT2D eigenvalue weighted by molar-refractivity contribution is -0.124. The van der Waals surface area contributed by atoms with Crippen LogP contribution in [0.25, 0.3) is 0 Å². The summed E-state index contributed by atoms with van der Waals surface area (Å²) in [5.74, 6) is -0.270. The summed E-state index contributed by atoms with van der Waals surface area (Å²) < 4.78 is 23.7. The molecule has 6 nitrogen and oxygen atoms in total. The predicted octanol–water partition coefficient (Wildman–Crippen LogP) is 3.89. The number of aryl methyl sites for hydroxylation is 1. The number of carbonyl (C=O) groups is 2. The van der Waals surface area contributed by atoms with E-state index >= 15 is 0 Å². The van der Waals surface area contributed by atoms with Crippen molar-refractivity contribution in [2.75, 3.05) is 6.61 Å². The first-order valence-corrected chi connectivity index (χ1v) is 9.82. The van der Waals surface area contributed by atoms with Gasteiger partial charge in [-0.15, -0.1) is 11.8 Å². The molecule has 8 heteroatoms. The van der Waals surface area contributed by atoms with Crippen LogP contribution >= 0.6 is 11.8 Å². The molecule has 1 aromatic heterocycles. The quantitative estimate of drug-likeness (QED) is 0.445. The minimum atomic E-state index is -0.606. The number of benzene rings is 2. The first-order chi connectivity index (χ1) is 14.0. The number of aromatic nitrogens is 1. The Morgan fingerprint density at radius 3 is 2.69 bits per heavy atom. The van der Waals surface area contributed by atoms with Crippen LogP contribution in [0, 0.1) is 12.7 Å². The minimum absolute atomic E-state index is 0.0204. The monoisotopic (exact) mass is 414 g/mol. The Morgan fingerprint density at radius 2 is 1.93 bits per heavy atom. The first-order valence-electron chi connectivity index (χ1n) is 8.84. The van der Waals surface area contributed by atoms with Crippen LogP contribution in [0.4, 0.5) is 4.39 Å². The number of nitrogens with one attached hydrogen (secondary N) is 1. The van der Waals surface area contributed by atoms with Crippen LogP contribution in [0.1, 0.15) is 27.4 Å². The standard InChI is InChI=1S/C21H19FN2O4S/c1-14-10-16(24-28-14)13-29-19-9-5-3-7-17(19)21(26)27-12-20(25)23-11-15-6-2-4-8-18(15)22/h2-10H,11-13H2,1H3,(H,23,25). The van der Waals surface area contributed by atoms with E-state index in [1.807, 2.05) is 19.1 Å². The SMILES string of the molecule is Cc1cc(CSc2ccccc2C(=O)OCC(=O)NCc2ccccc2F)no1. The molecule has 0 unspecified atom stereocenters. The van der Waals surface area contributed by atoms with E-state index in [0.29, 0.717) is 21.8 Å². The van der Waals surface area contributed by atoms with E-state index in [1.165, 1.54) is 17.8 Å². The molecule has 3 rings (SSSR count). The smallest absolute Gasteiger partial charge is 0.339 e. The average Bonchev–Trinajstić information content (AvgIpc) is 3.15. The van der Waals surface area contributed by atoms with Crippen LogP contribution in [-0.2, 0) is 21.8 Å². The van der Waals surface area contributed by atoms with E-state index in [4.69, 9.17) is 9.26 Å². The maximum atomic E-state index is 13.6. The van der Waals surface area contributed by atoms with Gasteiger partial charge in [0, 0.05) is 28.8 Å². The molecule has 0 atom stereocenters. The molecule has 0 saturated heterocycles. The molecule has 1 N–H and O–H groups in total. The molecule has 29 heavy (non-hydrogen) atoms. The van der Waals surface area contributed by atoms with Gasteiger partial charge in [0.25, 0.3) is 5.91 Å². The second kappa shape index (κ2) is 9.88. The number of esters is 1. The molecule has 0 fully saturated rings. The van der Waals surface area contributed by atoms with Gasteiger partial charge in [0.05, 0.1) is 11.3 Å². The fourth-order valence-electron chi connectivity index (χ4n) is 2.49. The molecule has 0 bridgehead atoms. The van der Waals surface area contributed by atoms with Crippen LogP contribution in [0.3, 0.4) is 0 Å². The van der Waals surface area contributed by atoms with E-state index in [0.717, 1.165) is 11.5 Å². The Balaban J connectivity index is 1.52. The number of rotatable bonds is 8. The van der Waals surface area contributed by atoms with Crippen LogP contribution in [-0.4, -0.2) is 23.6 Å². The fourth-order valence-corrected chi connectivity index (χ4v) is 3.42. The van der Waals surface area contributed by atoms with E-state index in [9.17, 15) is 14.0 Å². The zero-order valence-corrected chi connectivity index (χ0v) is 16.5. The summed E-state index contributed by atoms with van der Waals surface area (Å²) in [6, 6.07) is 14.9. The number of halogens is 1. The summed E-state index contributed by atoms with van der Waals surface area (Å²) in [6.45, 7) is 1.38. The van der Waals surface area contributed by atoms with Crippen molar-refractivity contribution in [1.29, 1.82) is 0 Å². The number of hydrogen-bond donors (Lipinski definition) is 1. The van der Waals surface area contributed by atoms with E-state index in [-0.39, 0.29) is 6.54 Å². The third kappa shape index (κ3) is 5.92. The Kier molecular flexibility index (Phi) is 7.02. The highest BCUT2D eigenvalue weighted by Crippen LogP contribution is 2.26. The van der Waals surface area contributed by atoms with E-state index in [2.05, 4.69) is 10.5 Å². The van der Waals surface area contributed by atoms with Gasteiger partial charge < -0.3 is 14.6 Å². The maximum Gasteiger partial charge on any atom is 0.339 e. The highest BCUT2D eigenvalue weighted by molar-refractivity contribution is 7.98. The summed E-state index contributed by atoms with van der Waals surface area (Å²) in [5, 5.41) is 6.46. The largest absolute Gasteiger partial charge is 0.452 e. The second-order valence-electron chi connectivity index (χ2n) is 6.16. The number of carbonyl (C=O) groups excluding carboxylic acids is 2.